The molecule has 0 N–H and O–H groups in total. The van der Waals surface area contributed by atoms with Crippen LogP contribution in [-0.4, -0.2) is 4.98 Å². The third-order valence-corrected chi connectivity index (χ3v) is 3.57. The van der Waals surface area contributed by atoms with Crippen molar-refractivity contribution in [1.29, 1.82) is 0 Å². The van der Waals surface area contributed by atoms with E-state index in [1.807, 2.05) is 12.1 Å². The molecule has 21 heavy (non-hydrogen) atoms. The lowest BCUT2D eigenvalue weighted by Crippen LogP contribution is -2.13. The standard InChI is InChI=1S/C18H21F2N/c1-14(2)5-3-11-18(19,20)17-9-7-15(8-10-17)16-6-4-12-21-13-16/h4,6-10,12-14H,3,5,11H2,1-2H3. The van der Waals surface area contributed by atoms with Gasteiger partial charge in [0.05, 0.1) is 0 Å². The van der Waals surface area contributed by atoms with Gasteiger partial charge in [-0.05, 0) is 29.5 Å². The van der Waals surface area contributed by atoms with E-state index >= 15 is 0 Å². The van der Waals surface area contributed by atoms with E-state index in [-0.39, 0.29) is 12.0 Å². The molecule has 0 atom stereocenters. The molecule has 1 aromatic carbocycles. The molecule has 0 fully saturated rings. The number of halogens is 2. The second kappa shape index (κ2) is 6.79. The van der Waals surface area contributed by atoms with E-state index in [2.05, 4.69) is 18.8 Å². The van der Waals surface area contributed by atoms with Crippen LogP contribution in [0.3, 0.4) is 0 Å². The maximum atomic E-state index is 14.1. The second-order valence-corrected chi connectivity index (χ2v) is 5.81. The smallest absolute Gasteiger partial charge is 0.264 e. The summed E-state index contributed by atoms with van der Waals surface area (Å²) in [6.07, 6.45) is 4.73. The molecule has 0 unspecified atom stereocenters. The molecule has 2 aromatic rings. The summed E-state index contributed by atoms with van der Waals surface area (Å²) in [7, 11) is 0. The van der Waals surface area contributed by atoms with Crippen molar-refractivity contribution in [1.82, 2.24) is 4.98 Å². The van der Waals surface area contributed by atoms with Gasteiger partial charge in [0, 0.05) is 24.4 Å². The van der Waals surface area contributed by atoms with Crippen molar-refractivity contribution in [2.45, 2.75) is 39.0 Å². The molecule has 0 amide bonds. The first-order valence-electron chi connectivity index (χ1n) is 7.38. The molecule has 0 saturated carbocycles. The predicted octanol–water partition coefficient (Wildman–Crippen LogP) is 5.67. The Morgan fingerprint density at radius 3 is 2.33 bits per heavy atom. The number of nitrogens with zero attached hydrogens (tertiary/aromatic N) is 1. The molecule has 0 aliphatic carbocycles. The largest absolute Gasteiger partial charge is 0.273 e. The molecule has 1 nitrogen and oxygen atoms in total. The van der Waals surface area contributed by atoms with Crippen LogP contribution in [0.1, 0.15) is 38.7 Å². The number of hydrogen-bond acceptors (Lipinski definition) is 1. The Kier molecular flexibility index (Phi) is 5.05. The molecule has 112 valence electrons. The van der Waals surface area contributed by atoms with Crippen molar-refractivity contribution in [3.8, 4) is 11.1 Å². The zero-order valence-corrected chi connectivity index (χ0v) is 12.5. The van der Waals surface area contributed by atoms with Gasteiger partial charge in [-0.3, -0.25) is 4.98 Å². The lowest BCUT2D eigenvalue weighted by Gasteiger charge is -2.17. The molecule has 1 heterocycles. The first kappa shape index (κ1) is 15.6. The average molecular weight is 289 g/mol. The van der Waals surface area contributed by atoms with Gasteiger partial charge in [0.25, 0.3) is 5.92 Å². The number of aromatic nitrogens is 1. The summed E-state index contributed by atoms with van der Waals surface area (Å²) in [5.74, 6) is -2.28. The fraction of sp³-hybridized carbons (Fsp3) is 0.389. The monoisotopic (exact) mass is 289 g/mol. The van der Waals surface area contributed by atoms with Crippen LogP contribution in [0.15, 0.2) is 48.8 Å². The number of hydrogen-bond donors (Lipinski definition) is 0. The highest BCUT2D eigenvalue weighted by Gasteiger charge is 2.30. The Morgan fingerprint density at radius 2 is 1.76 bits per heavy atom. The van der Waals surface area contributed by atoms with Gasteiger partial charge in [0.15, 0.2) is 0 Å². The lowest BCUT2D eigenvalue weighted by molar-refractivity contribution is -0.0163. The second-order valence-electron chi connectivity index (χ2n) is 5.81. The Morgan fingerprint density at radius 1 is 1.05 bits per heavy atom. The van der Waals surface area contributed by atoms with Crippen LogP contribution in [0.2, 0.25) is 0 Å². The summed E-state index contributed by atoms with van der Waals surface area (Å²) in [6.45, 7) is 4.11. The van der Waals surface area contributed by atoms with Gasteiger partial charge in [0.1, 0.15) is 0 Å². The van der Waals surface area contributed by atoms with E-state index < -0.39 is 5.92 Å². The maximum absolute atomic E-state index is 14.1. The Hall–Kier alpha value is -1.77. The van der Waals surface area contributed by atoms with E-state index in [0.29, 0.717) is 12.3 Å². The summed E-state index contributed by atoms with van der Waals surface area (Å²) in [4.78, 5) is 4.04. The summed E-state index contributed by atoms with van der Waals surface area (Å²) >= 11 is 0. The fourth-order valence-electron chi connectivity index (χ4n) is 2.32. The quantitative estimate of drug-likeness (QED) is 0.668. The van der Waals surface area contributed by atoms with Gasteiger partial charge in [0.2, 0.25) is 0 Å². The minimum Gasteiger partial charge on any atom is -0.264 e. The van der Waals surface area contributed by atoms with Crippen LogP contribution >= 0.6 is 0 Å². The fourth-order valence-corrected chi connectivity index (χ4v) is 2.32. The number of alkyl halides is 2. The SMILES string of the molecule is CC(C)CCCC(F)(F)c1ccc(-c2cccnc2)cc1. The molecule has 0 radical (unpaired) electrons. The van der Waals surface area contributed by atoms with Crippen molar-refractivity contribution >= 4 is 0 Å². The summed E-state index contributed by atoms with van der Waals surface area (Å²) in [6, 6.07) is 10.3. The van der Waals surface area contributed by atoms with Crippen molar-refractivity contribution in [3.63, 3.8) is 0 Å². The molecule has 3 heteroatoms. The highest BCUT2D eigenvalue weighted by Crippen LogP contribution is 2.34. The first-order valence-corrected chi connectivity index (χ1v) is 7.38. The van der Waals surface area contributed by atoms with Crippen molar-refractivity contribution < 1.29 is 8.78 Å². The van der Waals surface area contributed by atoms with E-state index in [4.69, 9.17) is 0 Å². The average Bonchev–Trinajstić information content (AvgIpc) is 2.48. The van der Waals surface area contributed by atoms with E-state index in [0.717, 1.165) is 17.5 Å². The Labute approximate surface area is 125 Å². The van der Waals surface area contributed by atoms with Crippen molar-refractivity contribution in [3.05, 3.63) is 54.4 Å². The lowest BCUT2D eigenvalue weighted by atomic mass is 9.97. The van der Waals surface area contributed by atoms with Crippen LogP contribution in [0.25, 0.3) is 11.1 Å². The first-order chi connectivity index (χ1) is 9.99. The highest BCUT2D eigenvalue weighted by molar-refractivity contribution is 5.62. The summed E-state index contributed by atoms with van der Waals surface area (Å²) in [5, 5.41) is 0. The molecule has 0 aliphatic rings. The Bertz CT molecular complexity index is 547. The third-order valence-electron chi connectivity index (χ3n) is 3.57. The number of pyridine rings is 1. The van der Waals surface area contributed by atoms with E-state index in [1.165, 1.54) is 12.1 Å². The van der Waals surface area contributed by atoms with Gasteiger partial charge >= 0.3 is 0 Å². The van der Waals surface area contributed by atoms with Gasteiger partial charge in [-0.15, -0.1) is 0 Å². The van der Waals surface area contributed by atoms with Crippen LogP contribution in [0.4, 0.5) is 8.78 Å². The molecule has 0 bridgehead atoms. The number of benzene rings is 1. The zero-order chi connectivity index (χ0) is 15.3. The topological polar surface area (TPSA) is 12.9 Å². The third kappa shape index (κ3) is 4.35. The molecule has 2 rings (SSSR count). The van der Waals surface area contributed by atoms with Crippen LogP contribution in [-0.2, 0) is 5.92 Å². The normalized spacial score (nSPS) is 11.9. The van der Waals surface area contributed by atoms with Crippen LogP contribution < -0.4 is 0 Å². The summed E-state index contributed by atoms with van der Waals surface area (Å²) in [5.41, 5.74) is 1.94. The minimum atomic E-state index is -2.75. The van der Waals surface area contributed by atoms with Gasteiger partial charge < -0.3 is 0 Å². The zero-order valence-electron chi connectivity index (χ0n) is 12.5. The Balaban J connectivity index is 2.07. The van der Waals surface area contributed by atoms with Gasteiger partial charge in [-0.2, -0.15) is 0 Å². The number of rotatable bonds is 6. The van der Waals surface area contributed by atoms with Gasteiger partial charge in [-0.25, -0.2) is 8.78 Å². The maximum Gasteiger partial charge on any atom is 0.273 e. The predicted molar refractivity (Wildman–Crippen MR) is 82.3 cm³/mol. The van der Waals surface area contributed by atoms with Crippen molar-refractivity contribution in [2.75, 3.05) is 0 Å². The van der Waals surface area contributed by atoms with E-state index in [1.54, 1.807) is 24.5 Å². The highest BCUT2D eigenvalue weighted by atomic mass is 19.3. The minimum absolute atomic E-state index is 0.0859. The molecular weight excluding hydrogens is 268 g/mol. The van der Waals surface area contributed by atoms with Crippen LogP contribution in [0, 0.1) is 5.92 Å². The molecule has 0 spiro atoms. The molecule has 0 aliphatic heterocycles. The van der Waals surface area contributed by atoms with Crippen molar-refractivity contribution in [2.24, 2.45) is 5.92 Å². The molecule has 1 aromatic heterocycles. The summed E-state index contributed by atoms with van der Waals surface area (Å²) < 4.78 is 28.3. The molecular formula is C18H21F2N. The van der Waals surface area contributed by atoms with E-state index in [9.17, 15) is 8.78 Å². The van der Waals surface area contributed by atoms with Gasteiger partial charge in [-0.1, -0.05) is 50.6 Å². The molecule has 0 saturated heterocycles. The van der Waals surface area contributed by atoms with Crippen LogP contribution in [0.5, 0.6) is 0 Å².